The van der Waals surface area contributed by atoms with Crippen molar-refractivity contribution < 1.29 is 17.9 Å². The van der Waals surface area contributed by atoms with Crippen molar-refractivity contribution in [2.75, 3.05) is 37.7 Å². The molecule has 0 atom stereocenters. The number of anilines is 1. The molecular weight excluding hydrogens is 447 g/mol. The van der Waals surface area contributed by atoms with E-state index in [2.05, 4.69) is 0 Å². The minimum atomic E-state index is -3.88. The van der Waals surface area contributed by atoms with E-state index in [-0.39, 0.29) is 39.5 Å². The van der Waals surface area contributed by atoms with E-state index in [4.69, 9.17) is 27.9 Å². The zero-order valence-electron chi connectivity index (χ0n) is 16.7. The van der Waals surface area contributed by atoms with Gasteiger partial charge in [0, 0.05) is 25.3 Å². The SMILES string of the molecule is CCCCN(C(=O)c1cc(S(=O)(=O)N2CCOCC2)c(Cl)cc1Cl)c1ccccc1. The highest BCUT2D eigenvalue weighted by molar-refractivity contribution is 7.89. The van der Waals surface area contributed by atoms with Crippen LogP contribution in [0.1, 0.15) is 30.1 Å². The number of carbonyl (C=O) groups is 1. The fraction of sp³-hybridized carbons (Fsp3) is 0.381. The van der Waals surface area contributed by atoms with Crippen molar-refractivity contribution in [2.24, 2.45) is 0 Å². The number of morpholine rings is 1. The molecule has 30 heavy (non-hydrogen) atoms. The molecule has 9 heteroatoms. The maximum atomic E-state index is 13.4. The van der Waals surface area contributed by atoms with Gasteiger partial charge in [-0.25, -0.2) is 8.42 Å². The van der Waals surface area contributed by atoms with Gasteiger partial charge in [0.2, 0.25) is 10.0 Å². The van der Waals surface area contributed by atoms with Crippen molar-refractivity contribution in [2.45, 2.75) is 24.7 Å². The Balaban J connectivity index is 2.02. The molecule has 0 spiro atoms. The number of rotatable bonds is 7. The molecule has 162 valence electrons. The quantitative estimate of drug-likeness (QED) is 0.598. The number of halogens is 2. The molecule has 1 fully saturated rings. The Labute approximate surface area is 187 Å². The Morgan fingerprint density at radius 3 is 2.40 bits per heavy atom. The minimum absolute atomic E-state index is 0.0112. The van der Waals surface area contributed by atoms with Gasteiger partial charge in [0.1, 0.15) is 4.90 Å². The molecule has 6 nitrogen and oxygen atoms in total. The fourth-order valence-electron chi connectivity index (χ4n) is 3.23. The lowest BCUT2D eigenvalue weighted by atomic mass is 10.1. The Kier molecular flexibility index (Phi) is 7.76. The second-order valence-corrected chi connectivity index (χ2v) is 9.65. The molecule has 2 aromatic carbocycles. The number of sulfonamides is 1. The molecule has 0 bridgehead atoms. The van der Waals surface area contributed by atoms with Gasteiger partial charge in [0.05, 0.1) is 28.8 Å². The van der Waals surface area contributed by atoms with Crippen molar-refractivity contribution >= 4 is 44.8 Å². The van der Waals surface area contributed by atoms with Gasteiger partial charge in [0.15, 0.2) is 0 Å². The summed E-state index contributed by atoms with van der Waals surface area (Å²) in [6.45, 7) is 3.62. The first kappa shape index (κ1) is 23.0. The van der Waals surface area contributed by atoms with Gasteiger partial charge >= 0.3 is 0 Å². The molecule has 0 saturated carbocycles. The van der Waals surface area contributed by atoms with Gasteiger partial charge in [-0.05, 0) is 30.7 Å². The summed E-state index contributed by atoms with van der Waals surface area (Å²) in [6.07, 6.45) is 1.70. The van der Waals surface area contributed by atoms with E-state index in [1.54, 1.807) is 4.90 Å². The largest absolute Gasteiger partial charge is 0.379 e. The first-order valence-corrected chi connectivity index (χ1v) is 12.0. The topological polar surface area (TPSA) is 66.9 Å². The van der Waals surface area contributed by atoms with E-state index >= 15 is 0 Å². The molecule has 3 rings (SSSR count). The van der Waals surface area contributed by atoms with Gasteiger partial charge in [-0.2, -0.15) is 4.31 Å². The number of para-hydroxylation sites is 1. The molecule has 0 N–H and O–H groups in total. The summed E-state index contributed by atoms with van der Waals surface area (Å²) in [6, 6.07) is 11.9. The van der Waals surface area contributed by atoms with E-state index in [0.717, 1.165) is 18.5 Å². The maximum absolute atomic E-state index is 13.4. The lowest BCUT2D eigenvalue weighted by molar-refractivity contribution is 0.0730. The minimum Gasteiger partial charge on any atom is -0.379 e. The smallest absolute Gasteiger partial charge is 0.259 e. The van der Waals surface area contributed by atoms with Crippen LogP contribution in [0, 0.1) is 0 Å². The van der Waals surface area contributed by atoms with E-state index in [1.165, 1.54) is 16.4 Å². The van der Waals surface area contributed by atoms with Crippen LogP contribution in [0.5, 0.6) is 0 Å². The molecule has 1 heterocycles. The standard InChI is InChI=1S/C21H24Cl2N2O4S/c1-2-3-9-25(16-7-5-4-6-8-16)21(26)17-14-20(19(23)15-18(17)22)30(27,28)24-10-12-29-13-11-24/h4-8,14-15H,2-3,9-13H2,1H3. The Morgan fingerprint density at radius 2 is 1.77 bits per heavy atom. The zero-order chi connectivity index (χ0) is 21.7. The van der Waals surface area contributed by atoms with Crippen LogP contribution >= 0.6 is 23.2 Å². The second kappa shape index (κ2) is 10.1. The Morgan fingerprint density at radius 1 is 1.10 bits per heavy atom. The molecule has 1 aliphatic heterocycles. The number of hydrogen-bond acceptors (Lipinski definition) is 4. The lowest BCUT2D eigenvalue weighted by Crippen LogP contribution is -2.40. The first-order valence-electron chi connectivity index (χ1n) is 9.80. The number of benzene rings is 2. The van der Waals surface area contributed by atoms with Gasteiger partial charge in [-0.1, -0.05) is 54.7 Å². The van der Waals surface area contributed by atoms with Crippen LogP contribution in [0.4, 0.5) is 5.69 Å². The first-order chi connectivity index (χ1) is 14.4. The molecule has 0 aromatic heterocycles. The normalized spacial score (nSPS) is 15.2. The number of hydrogen-bond donors (Lipinski definition) is 0. The molecule has 0 radical (unpaired) electrons. The summed E-state index contributed by atoms with van der Waals surface area (Å²) in [7, 11) is -3.88. The summed E-state index contributed by atoms with van der Waals surface area (Å²) in [4.78, 5) is 14.9. The highest BCUT2D eigenvalue weighted by Crippen LogP contribution is 2.32. The summed E-state index contributed by atoms with van der Waals surface area (Å²) < 4.78 is 32.8. The number of ether oxygens (including phenoxy) is 1. The van der Waals surface area contributed by atoms with E-state index < -0.39 is 10.0 Å². The molecule has 1 saturated heterocycles. The van der Waals surface area contributed by atoms with Crippen LogP contribution in [0.2, 0.25) is 10.0 Å². The van der Waals surface area contributed by atoms with Gasteiger partial charge in [0.25, 0.3) is 5.91 Å². The molecule has 0 unspecified atom stereocenters. The van der Waals surface area contributed by atoms with E-state index in [0.29, 0.717) is 19.8 Å². The van der Waals surface area contributed by atoms with Gasteiger partial charge in [-0.15, -0.1) is 0 Å². The van der Waals surface area contributed by atoms with Crippen molar-refractivity contribution in [1.29, 1.82) is 0 Å². The van der Waals surface area contributed by atoms with E-state index in [9.17, 15) is 13.2 Å². The third kappa shape index (κ3) is 4.98. The lowest BCUT2D eigenvalue weighted by Gasteiger charge is -2.27. The summed E-state index contributed by atoms with van der Waals surface area (Å²) in [5.41, 5.74) is 0.826. The van der Waals surface area contributed by atoms with Crippen LogP contribution in [0.3, 0.4) is 0 Å². The predicted octanol–water partition coefficient (Wildman–Crippen LogP) is 4.46. The van der Waals surface area contributed by atoms with Crippen molar-refractivity contribution in [3.05, 3.63) is 58.1 Å². The molecule has 1 amide bonds. The number of unbranched alkanes of at least 4 members (excludes halogenated alkanes) is 1. The maximum Gasteiger partial charge on any atom is 0.259 e. The van der Waals surface area contributed by atoms with Gasteiger partial charge < -0.3 is 9.64 Å². The monoisotopic (exact) mass is 470 g/mol. The molecule has 0 aliphatic carbocycles. The molecule has 2 aromatic rings. The van der Waals surface area contributed by atoms with Crippen molar-refractivity contribution in [3.8, 4) is 0 Å². The van der Waals surface area contributed by atoms with Crippen LogP contribution < -0.4 is 4.90 Å². The third-order valence-electron chi connectivity index (χ3n) is 4.89. The predicted molar refractivity (Wildman–Crippen MR) is 119 cm³/mol. The summed E-state index contributed by atoms with van der Waals surface area (Å²) >= 11 is 12.6. The molecular formula is C21H24Cl2N2O4S. The fourth-order valence-corrected chi connectivity index (χ4v) is 5.47. The van der Waals surface area contributed by atoms with Crippen LogP contribution in [-0.2, 0) is 14.8 Å². The summed E-state index contributed by atoms with van der Waals surface area (Å²) in [5.74, 6) is -0.366. The summed E-state index contributed by atoms with van der Waals surface area (Å²) in [5, 5.41) is 0.103. The highest BCUT2D eigenvalue weighted by atomic mass is 35.5. The number of amides is 1. The number of nitrogens with zero attached hydrogens (tertiary/aromatic N) is 2. The third-order valence-corrected chi connectivity index (χ3v) is 7.56. The molecule has 1 aliphatic rings. The van der Waals surface area contributed by atoms with E-state index in [1.807, 2.05) is 37.3 Å². The second-order valence-electron chi connectivity index (χ2n) is 6.92. The van der Waals surface area contributed by atoms with Crippen molar-refractivity contribution in [1.82, 2.24) is 4.31 Å². The highest BCUT2D eigenvalue weighted by Gasteiger charge is 2.31. The average molecular weight is 471 g/mol. The van der Waals surface area contributed by atoms with Gasteiger partial charge in [-0.3, -0.25) is 4.79 Å². The van der Waals surface area contributed by atoms with Crippen LogP contribution in [0.25, 0.3) is 0 Å². The van der Waals surface area contributed by atoms with Crippen molar-refractivity contribution in [3.63, 3.8) is 0 Å². The zero-order valence-corrected chi connectivity index (χ0v) is 19.0. The Bertz CT molecular complexity index is 994. The van der Waals surface area contributed by atoms with Crippen LogP contribution in [-0.4, -0.2) is 51.5 Å². The van der Waals surface area contributed by atoms with Crippen LogP contribution in [0.15, 0.2) is 47.4 Å². The average Bonchev–Trinajstić information content (AvgIpc) is 2.75. The Hall–Kier alpha value is -1.64. The number of carbonyl (C=O) groups excluding carboxylic acids is 1.